The van der Waals surface area contributed by atoms with Crippen molar-refractivity contribution in [1.29, 1.82) is 0 Å². The minimum Gasteiger partial charge on any atom is -0.478 e. The van der Waals surface area contributed by atoms with Gasteiger partial charge in [0, 0.05) is 12.2 Å². The van der Waals surface area contributed by atoms with E-state index in [1.54, 1.807) is 6.07 Å². The SMILES string of the molecule is O=C(O)c1ccccc1NCCOC(F)(F)F. The lowest BCUT2D eigenvalue weighted by Gasteiger charge is -2.10. The van der Waals surface area contributed by atoms with Gasteiger partial charge in [0.15, 0.2) is 0 Å². The Morgan fingerprint density at radius 1 is 1.35 bits per heavy atom. The van der Waals surface area contributed by atoms with E-state index in [4.69, 9.17) is 5.11 Å². The lowest BCUT2D eigenvalue weighted by atomic mass is 10.2. The van der Waals surface area contributed by atoms with Crippen LogP contribution >= 0.6 is 0 Å². The summed E-state index contributed by atoms with van der Waals surface area (Å²) in [7, 11) is 0. The van der Waals surface area contributed by atoms with E-state index in [0.29, 0.717) is 0 Å². The maximum Gasteiger partial charge on any atom is 0.522 e. The van der Waals surface area contributed by atoms with Crippen molar-refractivity contribution in [2.75, 3.05) is 18.5 Å². The van der Waals surface area contributed by atoms with Gasteiger partial charge in [0.2, 0.25) is 0 Å². The average Bonchev–Trinajstić information content (AvgIpc) is 2.23. The highest BCUT2D eigenvalue weighted by Gasteiger charge is 2.28. The van der Waals surface area contributed by atoms with Crippen molar-refractivity contribution in [1.82, 2.24) is 0 Å². The minimum atomic E-state index is -4.67. The van der Waals surface area contributed by atoms with E-state index in [1.807, 2.05) is 0 Å². The summed E-state index contributed by atoms with van der Waals surface area (Å²) < 4.78 is 38.5. The lowest BCUT2D eigenvalue weighted by molar-refractivity contribution is -0.322. The highest BCUT2D eigenvalue weighted by atomic mass is 19.4. The van der Waals surface area contributed by atoms with Crippen molar-refractivity contribution in [3.05, 3.63) is 29.8 Å². The topological polar surface area (TPSA) is 58.6 Å². The first kappa shape index (κ1) is 13.3. The molecule has 0 saturated carbocycles. The van der Waals surface area contributed by atoms with E-state index in [9.17, 15) is 18.0 Å². The molecule has 4 nitrogen and oxygen atoms in total. The number of benzene rings is 1. The van der Waals surface area contributed by atoms with E-state index >= 15 is 0 Å². The molecule has 94 valence electrons. The molecule has 0 aromatic heterocycles. The van der Waals surface area contributed by atoms with Gasteiger partial charge in [0.25, 0.3) is 0 Å². The highest BCUT2D eigenvalue weighted by molar-refractivity contribution is 5.94. The zero-order chi connectivity index (χ0) is 12.9. The third-order valence-corrected chi connectivity index (χ3v) is 1.84. The summed E-state index contributed by atoms with van der Waals surface area (Å²) in [5.41, 5.74) is 0.255. The predicted molar refractivity (Wildman–Crippen MR) is 53.9 cm³/mol. The first-order valence-corrected chi connectivity index (χ1v) is 4.67. The van der Waals surface area contributed by atoms with E-state index in [1.165, 1.54) is 18.2 Å². The molecule has 7 heteroatoms. The molecule has 0 unspecified atom stereocenters. The molecule has 17 heavy (non-hydrogen) atoms. The molecule has 1 aromatic carbocycles. The largest absolute Gasteiger partial charge is 0.522 e. The van der Waals surface area contributed by atoms with Crippen molar-refractivity contribution in [3.8, 4) is 0 Å². The third kappa shape index (κ3) is 4.73. The van der Waals surface area contributed by atoms with Gasteiger partial charge in [-0.1, -0.05) is 12.1 Å². The second-order valence-corrected chi connectivity index (χ2v) is 3.07. The standard InChI is InChI=1S/C10H10F3NO3/c11-10(12,13)17-6-5-14-8-4-2-1-3-7(8)9(15)16/h1-4,14H,5-6H2,(H,15,16). The summed E-state index contributed by atoms with van der Waals surface area (Å²) in [4.78, 5) is 10.8. The van der Waals surface area contributed by atoms with Gasteiger partial charge >= 0.3 is 12.3 Å². The van der Waals surface area contributed by atoms with Crippen LogP contribution in [0.2, 0.25) is 0 Å². The summed E-state index contributed by atoms with van der Waals surface area (Å²) in [6, 6.07) is 5.94. The highest BCUT2D eigenvalue weighted by Crippen LogP contribution is 2.17. The molecule has 0 spiro atoms. The van der Waals surface area contributed by atoms with Crippen molar-refractivity contribution < 1.29 is 27.8 Å². The fourth-order valence-electron chi connectivity index (χ4n) is 1.18. The van der Waals surface area contributed by atoms with Crippen LogP contribution in [-0.4, -0.2) is 30.6 Å². The van der Waals surface area contributed by atoms with E-state index in [-0.39, 0.29) is 17.8 Å². The predicted octanol–water partition coefficient (Wildman–Crippen LogP) is 2.33. The van der Waals surface area contributed by atoms with Gasteiger partial charge in [0.1, 0.15) is 0 Å². The van der Waals surface area contributed by atoms with Crippen molar-refractivity contribution >= 4 is 11.7 Å². The van der Waals surface area contributed by atoms with Gasteiger partial charge in [-0.15, -0.1) is 13.2 Å². The number of carboxylic acids is 1. The molecule has 0 heterocycles. The van der Waals surface area contributed by atoms with Gasteiger partial charge in [-0.25, -0.2) is 4.79 Å². The van der Waals surface area contributed by atoms with Gasteiger partial charge in [-0.2, -0.15) is 0 Å². The number of carbonyl (C=O) groups is 1. The molecule has 2 N–H and O–H groups in total. The summed E-state index contributed by atoms with van der Waals surface area (Å²) >= 11 is 0. The Balaban J connectivity index is 2.49. The van der Waals surface area contributed by atoms with Crippen LogP contribution in [0.4, 0.5) is 18.9 Å². The Morgan fingerprint density at radius 3 is 2.59 bits per heavy atom. The lowest BCUT2D eigenvalue weighted by Crippen LogP contribution is -2.19. The van der Waals surface area contributed by atoms with Gasteiger partial charge in [-0.3, -0.25) is 4.74 Å². The van der Waals surface area contributed by atoms with Crippen LogP contribution in [0.15, 0.2) is 24.3 Å². The maximum absolute atomic E-state index is 11.6. The van der Waals surface area contributed by atoms with Crippen LogP contribution in [0.25, 0.3) is 0 Å². The van der Waals surface area contributed by atoms with Crippen LogP contribution in [-0.2, 0) is 4.74 Å². The molecule has 0 amide bonds. The van der Waals surface area contributed by atoms with Crippen LogP contribution in [0.5, 0.6) is 0 Å². The first-order valence-electron chi connectivity index (χ1n) is 4.67. The summed E-state index contributed by atoms with van der Waals surface area (Å²) in [6.07, 6.45) is -4.67. The maximum atomic E-state index is 11.6. The zero-order valence-electron chi connectivity index (χ0n) is 8.62. The van der Waals surface area contributed by atoms with Gasteiger partial charge < -0.3 is 10.4 Å². The Bertz CT molecular complexity index is 393. The first-order chi connectivity index (χ1) is 7.90. The number of nitrogens with one attached hydrogen (secondary N) is 1. The van der Waals surface area contributed by atoms with Gasteiger partial charge in [-0.05, 0) is 12.1 Å². The number of alkyl halides is 3. The second-order valence-electron chi connectivity index (χ2n) is 3.07. The monoisotopic (exact) mass is 249 g/mol. The minimum absolute atomic E-state index is 0.000455. The fourth-order valence-corrected chi connectivity index (χ4v) is 1.18. The molecular formula is C10H10F3NO3. The van der Waals surface area contributed by atoms with E-state index in [2.05, 4.69) is 10.1 Å². The number of hydrogen-bond acceptors (Lipinski definition) is 3. The summed E-state index contributed by atoms with van der Waals surface area (Å²) in [5.74, 6) is -1.15. The third-order valence-electron chi connectivity index (χ3n) is 1.84. The molecular weight excluding hydrogens is 239 g/mol. The molecule has 0 bridgehead atoms. The normalized spacial score (nSPS) is 11.2. The molecule has 1 aromatic rings. The van der Waals surface area contributed by atoms with Crippen molar-refractivity contribution in [3.63, 3.8) is 0 Å². The van der Waals surface area contributed by atoms with Crippen LogP contribution < -0.4 is 5.32 Å². The number of carboxylic acid groups (broad SMARTS) is 1. The number of para-hydroxylation sites is 1. The van der Waals surface area contributed by atoms with E-state index in [0.717, 1.165) is 0 Å². The smallest absolute Gasteiger partial charge is 0.478 e. The van der Waals surface area contributed by atoms with Crippen molar-refractivity contribution in [2.24, 2.45) is 0 Å². The number of ether oxygens (including phenoxy) is 1. The van der Waals surface area contributed by atoms with Crippen molar-refractivity contribution in [2.45, 2.75) is 6.36 Å². The zero-order valence-corrected chi connectivity index (χ0v) is 8.62. The summed E-state index contributed by atoms with van der Waals surface area (Å²) in [6.45, 7) is -0.721. The summed E-state index contributed by atoms with van der Waals surface area (Å²) in [5, 5.41) is 11.4. The molecule has 0 radical (unpaired) electrons. The number of halogens is 3. The molecule has 1 rings (SSSR count). The van der Waals surface area contributed by atoms with Crippen LogP contribution in [0, 0.1) is 0 Å². The second kappa shape index (κ2) is 5.53. The Kier molecular flexibility index (Phi) is 4.33. The molecule has 0 fully saturated rings. The quantitative estimate of drug-likeness (QED) is 0.786. The Labute approximate surface area is 95.0 Å². The number of hydrogen-bond donors (Lipinski definition) is 2. The van der Waals surface area contributed by atoms with E-state index < -0.39 is 18.9 Å². The molecule has 0 atom stereocenters. The number of anilines is 1. The van der Waals surface area contributed by atoms with Gasteiger partial charge in [0.05, 0.1) is 12.2 Å². The Hall–Kier alpha value is -1.76. The van der Waals surface area contributed by atoms with Crippen LogP contribution in [0.1, 0.15) is 10.4 Å². The molecule has 0 aliphatic carbocycles. The average molecular weight is 249 g/mol. The molecule has 0 aliphatic rings. The Morgan fingerprint density at radius 2 is 2.00 bits per heavy atom. The number of aromatic carboxylic acids is 1. The number of rotatable bonds is 5. The fraction of sp³-hybridized carbons (Fsp3) is 0.300. The molecule has 0 saturated heterocycles. The van der Waals surface area contributed by atoms with Crippen LogP contribution in [0.3, 0.4) is 0 Å². The molecule has 0 aliphatic heterocycles.